The molecule has 3 aliphatic rings. The first-order chi connectivity index (χ1) is 11.5. The Balaban J connectivity index is 1.47. The highest BCUT2D eigenvalue weighted by Gasteiger charge is 2.46. The monoisotopic (exact) mass is 349 g/mol. The first kappa shape index (κ1) is 15.9. The van der Waals surface area contributed by atoms with Crippen LogP contribution in [0.2, 0.25) is 0 Å². The molecule has 4 rings (SSSR count). The van der Waals surface area contributed by atoms with E-state index in [-0.39, 0.29) is 22.8 Å². The number of likely N-dealkylation sites (tertiary alicyclic amines) is 1. The molecule has 1 spiro atoms. The van der Waals surface area contributed by atoms with Crippen LogP contribution in [0.15, 0.2) is 24.3 Å². The summed E-state index contributed by atoms with van der Waals surface area (Å²) in [5.41, 5.74) is 0.929. The maximum Gasteiger partial charge on any atom is 0.263 e. The molecule has 0 radical (unpaired) electrons. The van der Waals surface area contributed by atoms with Crippen LogP contribution in [-0.2, 0) is 21.1 Å². The summed E-state index contributed by atoms with van der Waals surface area (Å²) in [5, 5.41) is 0. The van der Waals surface area contributed by atoms with Crippen molar-refractivity contribution in [3.05, 3.63) is 29.8 Å². The van der Waals surface area contributed by atoms with Gasteiger partial charge in [-0.3, -0.25) is 4.79 Å². The topological polar surface area (TPSA) is 63.7 Å². The minimum atomic E-state index is -2.94. The Hall–Kier alpha value is -1.56. The quantitative estimate of drug-likeness (QED) is 0.776. The molecule has 24 heavy (non-hydrogen) atoms. The smallest absolute Gasteiger partial charge is 0.263 e. The second-order valence-electron chi connectivity index (χ2n) is 7.46. The molecule has 1 amide bonds. The summed E-state index contributed by atoms with van der Waals surface area (Å²) in [6.45, 7) is 1.27. The molecule has 0 aliphatic carbocycles. The molecule has 2 saturated heterocycles. The number of hydrogen-bond donors (Lipinski definition) is 0. The molecule has 6 heteroatoms. The van der Waals surface area contributed by atoms with E-state index in [2.05, 4.69) is 0 Å². The number of nitrogens with zero attached hydrogens (tertiary/aromatic N) is 1. The van der Waals surface area contributed by atoms with Gasteiger partial charge < -0.3 is 9.64 Å². The van der Waals surface area contributed by atoms with Gasteiger partial charge in [0.15, 0.2) is 15.9 Å². The van der Waals surface area contributed by atoms with E-state index in [1.807, 2.05) is 29.2 Å². The zero-order chi connectivity index (χ0) is 16.8. The lowest BCUT2D eigenvalue weighted by Gasteiger charge is -2.41. The van der Waals surface area contributed by atoms with Crippen molar-refractivity contribution in [2.45, 2.75) is 38.2 Å². The van der Waals surface area contributed by atoms with Gasteiger partial charge in [-0.25, -0.2) is 8.42 Å². The molecular formula is C18H23NO4S. The third-order valence-corrected chi connectivity index (χ3v) is 7.51. The normalized spacial score (nSPS) is 31.5. The molecule has 1 aromatic carbocycles. The highest BCUT2D eigenvalue weighted by atomic mass is 32.2. The summed E-state index contributed by atoms with van der Waals surface area (Å²) in [6.07, 6.45) is 3.58. The van der Waals surface area contributed by atoms with Gasteiger partial charge in [-0.05, 0) is 43.7 Å². The Labute approximate surface area is 142 Å². The van der Waals surface area contributed by atoms with Gasteiger partial charge in [0.2, 0.25) is 0 Å². The molecule has 2 atom stereocenters. The third kappa shape index (κ3) is 2.92. The lowest BCUT2D eigenvalue weighted by Crippen LogP contribution is -2.51. The fraction of sp³-hybridized carbons (Fsp3) is 0.611. The molecule has 130 valence electrons. The number of aryl methyl sites for hydroxylation is 1. The first-order valence-electron chi connectivity index (χ1n) is 8.70. The van der Waals surface area contributed by atoms with Crippen LogP contribution in [-0.4, -0.2) is 49.9 Å². The zero-order valence-electron chi connectivity index (χ0n) is 13.7. The predicted octanol–water partition coefficient (Wildman–Crippen LogP) is 1.81. The molecule has 2 fully saturated rings. The average molecular weight is 349 g/mol. The lowest BCUT2D eigenvalue weighted by atomic mass is 9.79. The fourth-order valence-corrected chi connectivity index (χ4v) is 6.60. The van der Waals surface area contributed by atoms with E-state index in [9.17, 15) is 13.2 Å². The molecule has 3 aliphatic heterocycles. The second-order valence-corrected chi connectivity index (χ2v) is 9.64. The van der Waals surface area contributed by atoms with Gasteiger partial charge in [-0.2, -0.15) is 0 Å². The van der Waals surface area contributed by atoms with E-state index >= 15 is 0 Å². The number of benzene rings is 1. The summed E-state index contributed by atoms with van der Waals surface area (Å²) in [4.78, 5) is 14.8. The Morgan fingerprint density at radius 3 is 2.88 bits per heavy atom. The zero-order valence-corrected chi connectivity index (χ0v) is 14.6. The Kier molecular flexibility index (Phi) is 3.82. The molecule has 2 unspecified atom stereocenters. The third-order valence-electron chi connectivity index (χ3n) is 5.64. The number of piperidine rings is 1. The van der Waals surface area contributed by atoms with Crippen molar-refractivity contribution in [3.8, 4) is 5.75 Å². The van der Waals surface area contributed by atoms with Gasteiger partial charge in [-0.15, -0.1) is 0 Å². The lowest BCUT2D eigenvalue weighted by molar-refractivity contribution is -0.142. The molecule has 1 aromatic rings. The minimum Gasteiger partial charge on any atom is -0.480 e. The van der Waals surface area contributed by atoms with Crippen molar-refractivity contribution in [3.63, 3.8) is 0 Å². The van der Waals surface area contributed by atoms with Crippen molar-refractivity contribution >= 4 is 15.7 Å². The van der Waals surface area contributed by atoms with Crippen LogP contribution in [0.1, 0.15) is 31.2 Å². The Bertz CT molecular complexity index is 760. The summed E-state index contributed by atoms with van der Waals surface area (Å²) >= 11 is 0. The molecular weight excluding hydrogens is 326 g/mol. The molecule has 0 N–H and O–H groups in total. The number of sulfone groups is 1. The van der Waals surface area contributed by atoms with Gasteiger partial charge in [-0.1, -0.05) is 18.2 Å². The van der Waals surface area contributed by atoms with Crippen molar-refractivity contribution in [2.24, 2.45) is 5.41 Å². The van der Waals surface area contributed by atoms with Crippen LogP contribution in [0.4, 0.5) is 0 Å². The van der Waals surface area contributed by atoms with E-state index in [4.69, 9.17) is 4.74 Å². The van der Waals surface area contributed by atoms with Crippen LogP contribution < -0.4 is 4.74 Å². The van der Waals surface area contributed by atoms with E-state index in [1.165, 1.54) is 0 Å². The number of rotatable bonds is 1. The number of carbonyl (C=O) groups excluding carboxylic acids is 1. The highest BCUT2D eigenvalue weighted by Crippen LogP contribution is 2.40. The van der Waals surface area contributed by atoms with Gasteiger partial charge in [0.25, 0.3) is 5.91 Å². The van der Waals surface area contributed by atoms with Crippen LogP contribution in [0.3, 0.4) is 0 Å². The SMILES string of the molecule is O=C(C1CCc2ccccc2O1)N1CCCC2(CCS(=O)(=O)C2)C1. The van der Waals surface area contributed by atoms with Crippen molar-refractivity contribution < 1.29 is 17.9 Å². The van der Waals surface area contributed by atoms with Crippen LogP contribution >= 0.6 is 0 Å². The van der Waals surface area contributed by atoms with E-state index in [1.54, 1.807) is 0 Å². The number of carbonyl (C=O) groups is 1. The molecule has 0 bridgehead atoms. The second kappa shape index (κ2) is 5.76. The maximum absolute atomic E-state index is 12.9. The number of fused-ring (bicyclic) bond motifs is 1. The molecule has 3 heterocycles. The Morgan fingerprint density at radius 1 is 1.25 bits per heavy atom. The number of hydrogen-bond acceptors (Lipinski definition) is 4. The van der Waals surface area contributed by atoms with E-state index in [0.29, 0.717) is 25.9 Å². The molecule has 0 saturated carbocycles. The standard InChI is InChI=1S/C18H23NO4S/c20-17(16-7-6-14-4-1-2-5-15(14)23-16)19-10-3-8-18(12-19)9-11-24(21,22)13-18/h1-2,4-5,16H,3,6-13H2. The van der Waals surface area contributed by atoms with E-state index < -0.39 is 15.9 Å². The number of para-hydroxylation sites is 1. The minimum absolute atomic E-state index is 0.0212. The maximum atomic E-state index is 12.9. The molecule has 5 nitrogen and oxygen atoms in total. The Morgan fingerprint density at radius 2 is 2.08 bits per heavy atom. The van der Waals surface area contributed by atoms with Gasteiger partial charge >= 0.3 is 0 Å². The van der Waals surface area contributed by atoms with Crippen molar-refractivity contribution in [2.75, 3.05) is 24.6 Å². The van der Waals surface area contributed by atoms with Gasteiger partial charge in [0, 0.05) is 18.5 Å². The first-order valence-corrected chi connectivity index (χ1v) is 10.5. The van der Waals surface area contributed by atoms with Crippen molar-refractivity contribution in [1.29, 1.82) is 0 Å². The largest absolute Gasteiger partial charge is 0.480 e. The highest BCUT2D eigenvalue weighted by molar-refractivity contribution is 7.91. The van der Waals surface area contributed by atoms with Gasteiger partial charge in [0.05, 0.1) is 11.5 Å². The predicted molar refractivity (Wildman–Crippen MR) is 90.7 cm³/mol. The summed E-state index contributed by atoms with van der Waals surface area (Å²) < 4.78 is 29.7. The number of ether oxygens (including phenoxy) is 1. The van der Waals surface area contributed by atoms with Crippen LogP contribution in [0.25, 0.3) is 0 Å². The summed E-state index contributed by atoms with van der Waals surface area (Å²) in [6, 6.07) is 7.86. The van der Waals surface area contributed by atoms with Gasteiger partial charge in [0.1, 0.15) is 5.75 Å². The summed E-state index contributed by atoms with van der Waals surface area (Å²) in [7, 11) is -2.94. The summed E-state index contributed by atoms with van der Waals surface area (Å²) in [5.74, 6) is 1.32. The van der Waals surface area contributed by atoms with E-state index in [0.717, 1.165) is 30.6 Å². The number of amides is 1. The fourth-order valence-electron chi connectivity index (χ4n) is 4.40. The average Bonchev–Trinajstić information content (AvgIpc) is 2.88. The van der Waals surface area contributed by atoms with Crippen LogP contribution in [0.5, 0.6) is 5.75 Å². The van der Waals surface area contributed by atoms with Crippen molar-refractivity contribution in [1.82, 2.24) is 4.90 Å². The molecule has 0 aromatic heterocycles. The van der Waals surface area contributed by atoms with Crippen LogP contribution in [0, 0.1) is 5.41 Å².